The van der Waals surface area contributed by atoms with Crippen LogP contribution >= 0.6 is 0 Å². The van der Waals surface area contributed by atoms with Crippen LogP contribution in [0.3, 0.4) is 0 Å². The average Bonchev–Trinajstić information content (AvgIpc) is 2.52. The number of rotatable bonds is 13. The second-order valence-electron chi connectivity index (χ2n) is 6.22. The number of hydrogen-bond acceptors (Lipinski definition) is 3. The Labute approximate surface area is 146 Å². The number of unbranched alkanes of at least 4 members (excludes halogenated alkanes) is 5. The molecule has 1 amide bonds. The molecule has 0 bridgehead atoms. The van der Waals surface area contributed by atoms with Crippen LogP contribution in [-0.2, 0) is 9.59 Å². The summed E-state index contributed by atoms with van der Waals surface area (Å²) in [5.41, 5.74) is 0.311. The van der Waals surface area contributed by atoms with E-state index < -0.39 is 12.1 Å². The number of carbonyl (C=O) groups is 2. The number of amides is 1. The first-order valence-electron chi connectivity index (χ1n) is 8.93. The van der Waals surface area contributed by atoms with Crippen LogP contribution in [0.15, 0.2) is 23.8 Å². The molecule has 0 aliphatic carbocycles. The molecule has 0 rings (SSSR count). The van der Waals surface area contributed by atoms with Crippen molar-refractivity contribution in [3.05, 3.63) is 23.8 Å². The lowest BCUT2D eigenvalue weighted by Gasteiger charge is -2.24. The Morgan fingerprint density at radius 2 is 1.71 bits per heavy atom. The van der Waals surface area contributed by atoms with Gasteiger partial charge in [-0.05, 0) is 25.8 Å². The van der Waals surface area contributed by atoms with E-state index in [2.05, 4.69) is 13.5 Å². The molecule has 1 atom stereocenters. The van der Waals surface area contributed by atoms with Crippen LogP contribution in [0.5, 0.6) is 0 Å². The van der Waals surface area contributed by atoms with Crippen molar-refractivity contribution < 1.29 is 19.8 Å². The predicted molar refractivity (Wildman–Crippen MR) is 96.8 cm³/mol. The molecule has 1 unspecified atom stereocenters. The molecule has 0 fully saturated rings. The molecular formula is C19H33NO4. The van der Waals surface area contributed by atoms with E-state index in [9.17, 15) is 14.7 Å². The molecule has 0 heterocycles. The molecule has 0 aromatic carbocycles. The fourth-order valence-electron chi connectivity index (χ4n) is 2.47. The largest absolute Gasteiger partial charge is 0.478 e. The van der Waals surface area contributed by atoms with Gasteiger partial charge in [0.05, 0.1) is 6.10 Å². The SMILES string of the molecule is C=C(C=C(CC)C(=O)O)C(=O)N(CCCCCCCC)CC(C)O. The lowest BCUT2D eigenvalue weighted by Crippen LogP contribution is -2.37. The van der Waals surface area contributed by atoms with Crippen LogP contribution in [0.1, 0.15) is 65.7 Å². The molecule has 5 heteroatoms. The number of nitrogens with zero attached hydrogens (tertiary/aromatic N) is 1. The summed E-state index contributed by atoms with van der Waals surface area (Å²) in [7, 11) is 0. The first kappa shape index (κ1) is 22.4. The van der Waals surface area contributed by atoms with Gasteiger partial charge in [0.2, 0.25) is 0 Å². The monoisotopic (exact) mass is 339 g/mol. The van der Waals surface area contributed by atoms with Gasteiger partial charge >= 0.3 is 5.97 Å². The van der Waals surface area contributed by atoms with Crippen molar-refractivity contribution >= 4 is 11.9 Å². The fourth-order valence-corrected chi connectivity index (χ4v) is 2.47. The van der Waals surface area contributed by atoms with E-state index in [1.807, 2.05) is 0 Å². The van der Waals surface area contributed by atoms with Gasteiger partial charge in [-0.2, -0.15) is 0 Å². The summed E-state index contributed by atoms with van der Waals surface area (Å²) >= 11 is 0. The topological polar surface area (TPSA) is 77.8 Å². The number of aliphatic carboxylic acids is 1. The molecule has 0 aliphatic heterocycles. The Morgan fingerprint density at radius 1 is 1.12 bits per heavy atom. The Kier molecular flexibility index (Phi) is 11.9. The highest BCUT2D eigenvalue weighted by molar-refractivity contribution is 5.98. The summed E-state index contributed by atoms with van der Waals surface area (Å²) in [5, 5.41) is 18.7. The number of aliphatic hydroxyl groups excluding tert-OH is 1. The van der Waals surface area contributed by atoms with Crippen molar-refractivity contribution in [2.75, 3.05) is 13.1 Å². The number of aliphatic hydroxyl groups is 1. The van der Waals surface area contributed by atoms with E-state index in [-0.39, 0.29) is 23.6 Å². The van der Waals surface area contributed by atoms with E-state index in [4.69, 9.17) is 5.11 Å². The van der Waals surface area contributed by atoms with Gasteiger partial charge in [-0.25, -0.2) is 4.79 Å². The zero-order valence-corrected chi connectivity index (χ0v) is 15.4. The molecule has 24 heavy (non-hydrogen) atoms. The van der Waals surface area contributed by atoms with Crippen molar-refractivity contribution in [2.24, 2.45) is 0 Å². The number of carboxylic acid groups (broad SMARTS) is 1. The maximum Gasteiger partial charge on any atom is 0.331 e. The first-order chi connectivity index (χ1) is 11.3. The van der Waals surface area contributed by atoms with E-state index in [1.165, 1.54) is 25.3 Å². The standard InChI is InChI=1S/C19H33NO4/c1-5-7-8-9-10-11-12-20(14-16(4)21)18(22)15(3)13-17(6-2)19(23)24/h13,16,21H,3,5-12,14H2,1-2,4H3,(H,23,24). The zero-order valence-electron chi connectivity index (χ0n) is 15.4. The van der Waals surface area contributed by atoms with Gasteiger partial charge in [-0.15, -0.1) is 0 Å². The molecule has 0 radical (unpaired) electrons. The van der Waals surface area contributed by atoms with Gasteiger partial charge in [-0.1, -0.05) is 52.5 Å². The number of carbonyl (C=O) groups excluding carboxylic acids is 1. The minimum Gasteiger partial charge on any atom is -0.478 e. The third kappa shape index (κ3) is 9.50. The van der Waals surface area contributed by atoms with Crippen LogP contribution in [0.25, 0.3) is 0 Å². The minimum atomic E-state index is -1.04. The van der Waals surface area contributed by atoms with Gasteiger partial charge in [-0.3, -0.25) is 4.79 Å². The minimum absolute atomic E-state index is 0.154. The molecule has 0 aliphatic rings. The van der Waals surface area contributed by atoms with Gasteiger partial charge in [0.25, 0.3) is 5.91 Å². The van der Waals surface area contributed by atoms with Gasteiger partial charge in [0.1, 0.15) is 0 Å². The summed E-state index contributed by atoms with van der Waals surface area (Å²) in [6, 6.07) is 0. The van der Waals surface area contributed by atoms with Crippen molar-refractivity contribution in [3.8, 4) is 0 Å². The summed E-state index contributed by atoms with van der Waals surface area (Å²) in [6.45, 7) is 10.0. The maximum atomic E-state index is 12.5. The molecule has 0 saturated carbocycles. The summed E-state index contributed by atoms with van der Waals surface area (Å²) in [5.74, 6) is -1.35. The molecule has 0 aromatic rings. The molecule has 0 spiro atoms. The second-order valence-corrected chi connectivity index (χ2v) is 6.22. The normalized spacial score (nSPS) is 12.8. The molecule has 5 nitrogen and oxygen atoms in total. The van der Waals surface area contributed by atoms with Gasteiger partial charge in [0, 0.05) is 24.2 Å². The van der Waals surface area contributed by atoms with Crippen molar-refractivity contribution in [3.63, 3.8) is 0 Å². The van der Waals surface area contributed by atoms with Gasteiger partial charge < -0.3 is 15.1 Å². The molecule has 0 saturated heterocycles. The second kappa shape index (κ2) is 12.8. The van der Waals surface area contributed by atoms with Crippen molar-refractivity contribution in [2.45, 2.75) is 71.8 Å². The summed E-state index contributed by atoms with van der Waals surface area (Å²) in [4.78, 5) is 25.1. The maximum absolute atomic E-state index is 12.5. The van der Waals surface area contributed by atoms with Crippen molar-refractivity contribution in [1.29, 1.82) is 0 Å². The van der Waals surface area contributed by atoms with Crippen LogP contribution < -0.4 is 0 Å². The number of hydrogen-bond donors (Lipinski definition) is 2. The molecule has 138 valence electrons. The molecular weight excluding hydrogens is 306 g/mol. The average molecular weight is 339 g/mol. The third-order valence-electron chi connectivity index (χ3n) is 3.83. The Hall–Kier alpha value is -1.62. The summed E-state index contributed by atoms with van der Waals surface area (Å²) < 4.78 is 0. The van der Waals surface area contributed by atoms with E-state index in [0.29, 0.717) is 13.0 Å². The van der Waals surface area contributed by atoms with Gasteiger partial charge in [0.15, 0.2) is 0 Å². The highest BCUT2D eigenvalue weighted by Gasteiger charge is 2.18. The van der Waals surface area contributed by atoms with E-state index in [0.717, 1.165) is 19.3 Å². The lowest BCUT2D eigenvalue weighted by molar-refractivity contribution is -0.132. The molecule has 0 aromatic heterocycles. The van der Waals surface area contributed by atoms with Crippen molar-refractivity contribution in [1.82, 2.24) is 4.90 Å². The Bertz CT molecular complexity index is 441. The van der Waals surface area contributed by atoms with Crippen LogP contribution in [0, 0.1) is 0 Å². The van der Waals surface area contributed by atoms with E-state index in [1.54, 1.807) is 18.7 Å². The third-order valence-corrected chi connectivity index (χ3v) is 3.83. The van der Waals surface area contributed by atoms with Crippen LogP contribution in [0.4, 0.5) is 0 Å². The van der Waals surface area contributed by atoms with Crippen LogP contribution in [0.2, 0.25) is 0 Å². The quantitative estimate of drug-likeness (QED) is 0.306. The Balaban J connectivity index is 4.69. The smallest absolute Gasteiger partial charge is 0.331 e. The van der Waals surface area contributed by atoms with E-state index >= 15 is 0 Å². The highest BCUT2D eigenvalue weighted by atomic mass is 16.4. The Morgan fingerprint density at radius 3 is 2.21 bits per heavy atom. The lowest BCUT2D eigenvalue weighted by atomic mass is 10.1. The fraction of sp³-hybridized carbons (Fsp3) is 0.684. The van der Waals surface area contributed by atoms with Crippen LogP contribution in [-0.4, -0.2) is 46.2 Å². The zero-order chi connectivity index (χ0) is 18.5. The highest BCUT2D eigenvalue weighted by Crippen LogP contribution is 2.12. The first-order valence-corrected chi connectivity index (χ1v) is 8.93. The number of carboxylic acids is 1. The molecule has 2 N–H and O–H groups in total. The summed E-state index contributed by atoms with van der Waals surface area (Å²) in [6.07, 6.45) is 7.72. The predicted octanol–water partition coefficient (Wildman–Crippen LogP) is 3.53.